The van der Waals surface area contributed by atoms with Crippen LogP contribution in [0, 0.1) is 5.41 Å². The minimum absolute atomic E-state index is 0.157. The zero-order valence-electron chi connectivity index (χ0n) is 12.9. The summed E-state index contributed by atoms with van der Waals surface area (Å²) in [6.07, 6.45) is 2.42. The Kier molecular flexibility index (Phi) is 3.88. The smallest absolute Gasteiger partial charge is 0.123 e. The van der Waals surface area contributed by atoms with Crippen LogP contribution in [0.4, 0.5) is 0 Å². The fourth-order valence-corrected chi connectivity index (χ4v) is 4.48. The lowest BCUT2D eigenvalue weighted by Gasteiger charge is -2.34. The minimum Gasteiger partial charge on any atom is -0.368 e. The molecule has 1 fully saturated rings. The maximum Gasteiger partial charge on any atom is 0.123 e. The van der Waals surface area contributed by atoms with Crippen molar-refractivity contribution in [3.63, 3.8) is 0 Å². The molecule has 0 aromatic carbocycles. The van der Waals surface area contributed by atoms with Gasteiger partial charge in [-0.15, -0.1) is 11.3 Å². The van der Waals surface area contributed by atoms with Crippen molar-refractivity contribution in [1.82, 2.24) is 15.2 Å². The number of nitrogens with one attached hydrogen (secondary N) is 1. The van der Waals surface area contributed by atoms with Crippen molar-refractivity contribution in [3.8, 4) is 0 Å². The topological polar surface area (TPSA) is 37.4 Å². The van der Waals surface area contributed by atoms with Crippen molar-refractivity contribution < 1.29 is 4.74 Å². The number of ether oxygens (including phenoxy) is 1. The molecule has 0 radical (unpaired) electrons. The normalized spacial score (nSPS) is 30.2. The second-order valence-electron chi connectivity index (χ2n) is 6.87. The molecule has 5 heteroatoms. The van der Waals surface area contributed by atoms with Crippen molar-refractivity contribution in [2.45, 2.75) is 38.8 Å². The third-order valence-corrected chi connectivity index (χ3v) is 5.66. The summed E-state index contributed by atoms with van der Waals surface area (Å²) in [4.78, 5) is 8.69. The number of hydrogen-bond donors (Lipinski definition) is 1. The summed E-state index contributed by atoms with van der Waals surface area (Å²) in [7, 11) is 4.21. The molecule has 0 amide bonds. The molecular formula is C15H25N3OS. The van der Waals surface area contributed by atoms with Crippen LogP contribution < -0.4 is 5.32 Å². The lowest BCUT2D eigenvalue weighted by atomic mass is 9.76. The first-order valence-electron chi connectivity index (χ1n) is 7.45. The lowest BCUT2D eigenvalue weighted by molar-refractivity contribution is -0.0210. The van der Waals surface area contributed by atoms with Crippen LogP contribution >= 0.6 is 11.3 Å². The molecule has 1 aromatic heterocycles. The van der Waals surface area contributed by atoms with E-state index in [1.54, 1.807) is 0 Å². The number of nitrogens with zero attached hydrogens (tertiary/aromatic N) is 2. The second-order valence-corrected chi connectivity index (χ2v) is 7.93. The summed E-state index contributed by atoms with van der Waals surface area (Å²) in [5.74, 6) is 0. The molecule has 1 N–H and O–H groups in total. The summed E-state index contributed by atoms with van der Waals surface area (Å²) < 4.78 is 5.92. The van der Waals surface area contributed by atoms with Crippen LogP contribution in [0.5, 0.6) is 0 Å². The largest absolute Gasteiger partial charge is 0.368 e. The molecule has 2 aliphatic rings. The molecule has 0 saturated carbocycles. The van der Waals surface area contributed by atoms with Crippen LogP contribution in [0.3, 0.4) is 0 Å². The number of fused-ring (bicyclic) bond motifs is 1. The van der Waals surface area contributed by atoms with Gasteiger partial charge < -0.3 is 15.0 Å². The van der Waals surface area contributed by atoms with Gasteiger partial charge in [0.1, 0.15) is 11.1 Å². The maximum absolute atomic E-state index is 5.92. The minimum atomic E-state index is 0.157. The molecule has 4 nitrogen and oxygen atoms in total. The predicted molar refractivity (Wildman–Crippen MR) is 82.2 cm³/mol. The quantitative estimate of drug-likeness (QED) is 0.909. The highest BCUT2D eigenvalue weighted by atomic mass is 32.1. The average molecular weight is 295 g/mol. The second kappa shape index (κ2) is 5.37. The van der Waals surface area contributed by atoms with Gasteiger partial charge in [0.25, 0.3) is 0 Å². The summed E-state index contributed by atoms with van der Waals surface area (Å²) in [6, 6.07) is 0.446. The Labute approximate surface area is 125 Å². The van der Waals surface area contributed by atoms with Gasteiger partial charge in [0.15, 0.2) is 0 Å². The molecule has 0 spiro atoms. The van der Waals surface area contributed by atoms with E-state index in [-0.39, 0.29) is 6.10 Å². The Morgan fingerprint density at radius 3 is 2.95 bits per heavy atom. The van der Waals surface area contributed by atoms with Crippen molar-refractivity contribution >= 4 is 11.3 Å². The zero-order chi connectivity index (χ0) is 14.3. The number of likely N-dealkylation sites (N-methyl/N-ethyl adjacent to an activating group) is 1. The summed E-state index contributed by atoms with van der Waals surface area (Å²) in [5.41, 5.74) is 1.62. The monoisotopic (exact) mass is 295 g/mol. The van der Waals surface area contributed by atoms with Gasteiger partial charge in [-0.2, -0.15) is 0 Å². The number of thiazole rings is 1. The van der Waals surface area contributed by atoms with E-state index in [4.69, 9.17) is 9.72 Å². The van der Waals surface area contributed by atoms with Crippen LogP contribution in [0.15, 0.2) is 0 Å². The lowest BCUT2D eigenvalue weighted by Crippen LogP contribution is -2.35. The van der Waals surface area contributed by atoms with Gasteiger partial charge in [0.2, 0.25) is 0 Å². The van der Waals surface area contributed by atoms with E-state index in [9.17, 15) is 0 Å². The highest BCUT2D eigenvalue weighted by molar-refractivity contribution is 7.12. The van der Waals surface area contributed by atoms with Gasteiger partial charge in [-0.1, -0.05) is 13.8 Å². The van der Waals surface area contributed by atoms with E-state index >= 15 is 0 Å². The van der Waals surface area contributed by atoms with Crippen molar-refractivity contribution in [1.29, 1.82) is 0 Å². The summed E-state index contributed by atoms with van der Waals surface area (Å²) in [5, 5.41) is 4.63. The van der Waals surface area contributed by atoms with Crippen LogP contribution in [-0.2, 0) is 11.2 Å². The molecule has 2 atom stereocenters. The van der Waals surface area contributed by atoms with Gasteiger partial charge >= 0.3 is 0 Å². The Bertz CT molecular complexity index is 485. The Hall–Kier alpha value is -0.490. The van der Waals surface area contributed by atoms with Gasteiger partial charge in [0, 0.05) is 24.0 Å². The van der Waals surface area contributed by atoms with E-state index in [0.29, 0.717) is 11.5 Å². The van der Waals surface area contributed by atoms with E-state index in [1.807, 2.05) is 11.3 Å². The van der Waals surface area contributed by atoms with Crippen LogP contribution in [0.2, 0.25) is 0 Å². The third-order valence-electron chi connectivity index (χ3n) is 4.36. The van der Waals surface area contributed by atoms with Crippen LogP contribution in [0.25, 0.3) is 0 Å². The van der Waals surface area contributed by atoms with Gasteiger partial charge in [-0.05, 0) is 32.4 Å². The fraction of sp³-hybridized carbons (Fsp3) is 0.800. The molecule has 20 heavy (non-hydrogen) atoms. The van der Waals surface area contributed by atoms with Crippen molar-refractivity contribution in [2.75, 3.05) is 33.8 Å². The van der Waals surface area contributed by atoms with Gasteiger partial charge in [-0.3, -0.25) is 0 Å². The maximum atomic E-state index is 5.92. The molecular weight excluding hydrogens is 270 g/mol. The predicted octanol–water partition coefficient (Wildman–Crippen LogP) is 2.38. The number of rotatable bonds is 2. The van der Waals surface area contributed by atoms with E-state index < -0.39 is 0 Å². The molecule has 3 rings (SSSR count). The highest BCUT2D eigenvalue weighted by Crippen LogP contribution is 2.44. The number of morpholine rings is 1. The molecule has 1 aliphatic carbocycles. The first-order valence-corrected chi connectivity index (χ1v) is 8.27. The van der Waals surface area contributed by atoms with E-state index in [1.165, 1.54) is 22.0 Å². The van der Waals surface area contributed by atoms with Crippen LogP contribution in [-0.4, -0.2) is 43.7 Å². The van der Waals surface area contributed by atoms with Crippen LogP contribution in [0.1, 0.15) is 48.0 Å². The van der Waals surface area contributed by atoms with Crippen molar-refractivity contribution in [3.05, 3.63) is 15.6 Å². The van der Waals surface area contributed by atoms with E-state index in [0.717, 1.165) is 26.1 Å². The molecule has 112 valence electrons. The fourth-order valence-electron chi connectivity index (χ4n) is 3.25. The third kappa shape index (κ3) is 2.77. The number of aromatic nitrogens is 1. The molecule has 2 heterocycles. The SMILES string of the molecule is CNC1CC(C)(C)Cc2nc(C3CN(C)CCO3)sc21. The molecule has 1 aliphatic heterocycles. The first-order chi connectivity index (χ1) is 9.48. The Balaban J connectivity index is 1.87. The van der Waals surface area contributed by atoms with Crippen molar-refractivity contribution in [2.24, 2.45) is 5.41 Å². The Morgan fingerprint density at radius 2 is 2.25 bits per heavy atom. The first kappa shape index (κ1) is 14.4. The Morgan fingerprint density at radius 1 is 1.45 bits per heavy atom. The average Bonchev–Trinajstić information content (AvgIpc) is 2.80. The standard InChI is InChI=1S/C15H25N3OS/c1-15(2)7-10(16-3)13-11(8-15)17-14(20-13)12-9-18(4)5-6-19-12/h10,12,16H,5-9H2,1-4H3. The summed E-state index contributed by atoms with van der Waals surface area (Å²) >= 11 is 1.85. The number of hydrogen-bond acceptors (Lipinski definition) is 5. The van der Waals surface area contributed by atoms with E-state index in [2.05, 4.69) is 38.2 Å². The van der Waals surface area contributed by atoms with Gasteiger partial charge in [-0.25, -0.2) is 4.98 Å². The molecule has 2 unspecified atom stereocenters. The van der Waals surface area contributed by atoms with Gasteiger partial charge in [0.05, 0.1) is 12.3 Å². The molecule has 0 bridgehead atoms. The highest BCUT2D eigenvalue weighted by Gasteiger charge is 2.35. The molecule has 1 saturated heterocycles. The zero-order valence-corrected chi connectivity index (χ0v) is 13.7. The molecule has 1 aromatic rings. The summed E-state index contributed by atoms with van der Waals surface area (Å²) in [6.45, 7) is 7.47.